The van der Waals surface area contributed by atoms with Crippen molar-refractivity contribution < 1.29 is 46.7 Å². The third-order valence-electron chi connectivity index (χ3n) is 8.76. The quantitative estimate of drug-likeness (QED) is 0.238. The highest BCUT2D eigenvalue weighted by molar-refractivity contribution is 7.89. The van der Waals surface area contributed by atoms with Crippen LogP contribution in [0.4, 0.5) is 0 Å². The number of hydrogen-bond donors (Lipinski definition) is 1. The second-order valence-corrected chi connectivity index (χ2v) is 15.3. The Bertz CT molecular complexity index is 1350. The van der Waals surface area contributed by atoms with Crippen LogP contribution in [-0.4, -0.2) is 88.1 Å². The first kappa shape index (κ1) is 36.5. The molecule has 12 heteroatoms. The molecule has 0 radical (unpaired) electrons. The predicted molar refractivity (Wildman–Crippen MR) is 178 cm³/mol. The molecule has 11 nitrogen and oxygen atoms in total. The molecule has 0 aromatic heterocycles. The van der Waals surface area contributed by atoms with E-state index in [4.69, 9.17) is 28.4 Å². The summed E-state index contributed by atoms with van der Waals surface area (Å²) < 4.78 is 65.0. The lowest BCUT2D eigenvalue weighted by atomic mass is 9.90. The zero-order valence-electron chi connectivity index (χ0n) is 28.2. The molecular formula is C36H51NO10S. The van der Waals surface area contributed by atoms with E-state index in [0.717, 1.165) is 31.2 Å². The molecule has 3 fully saturated rings. The summed E-state index contributed by atoms with van der Waals surface area (Å²) in [7, 11) is -4.17. The first-order chi connectivity index (χ1) is 23.2. The van der Waals surface area contributed by atoms with Gasteiger partial charge in [-0.3, -0.25) is 4.79 Å². The zero-order valence-corrected chi connectivity index (χ0v) is 29.0. The maximum atomic E-state index is 14.5. The molecule has 1 N–H and O–H groups in total. The van der Waals surface area contributed by atoms with Crippen molar-refractivity contribution in [1.82, 2.24) is 4.31 Å². The third-order valence-corrected chi connectivity index (χ3v) is 10.6. The van der Waals surface area contributed by atoms with Gasteiger partial charge in [0.1, 0.15) is 17.6 Å². The van der Waals surface area contributed by atoms with E-state index in [1.54, 1.807) is 6.07 Å². The minimum Gasteiger partial charge on any atom is -0.465 e. The second-order valence-electron chi connectivity index (χ2n) is 13.4. The van der Waals surface area contributed by atoms with E-state index < -0.39 is 40.6 Å². The van der Waals surface area contributed by atoms with Gasteiger partial charge in [0.05, 0.1) is 43.8 Å². The van der Waals surface area contributed by atoms with Gasteiger partial charge in [-0.1, -0.05) is 44.2 Å². The first-order valence-electron chi connectivity index (χ1n) is 17.4. The summed E-state index contributed by atoms with van der Waals surface area (Å²) in [6.07, 6.45) is 3.70. The largest absolute Gasteiger partial charge is 0.465 e. The number of aliphatic hydroxyl groups is 1. The van der Waals surface area contributed by atoms with Crippen LogP contribution < -0.4 is 9.47 Å². The number of benzene rings is 2. The van der Waals surface area contributed by atoms with Gasteiger partial charge in [-0.25, -0.2) is 8.42 Å². The number of nitrogens with zero attached hydrogens (tertiary/aromatic N) is 1. The lowest BCUT2D eigenvalue weighted by Crippen LogP contribution is -2.43. The molecule has 3 aliphatic rings. The number of carbonyl (C=O) groups excluding carboxylic acids is 1. The fourth-order valence-corrected chi connectivity index (χ4v) is 7.91. The van der Waals surface area contributed by atoms with Gasteiger partial charge in [-0.15, -0.1) is 0 Å². The van der Waals surface area contributed by atoms with Gasteiger partial charge in [0, 0.05) is 56.5 Å². The van der Waals surface area contributed by atoms with Gasteiger partial charge in [0.25, 0.3) is 0 Å². The number of hydrogen-bond acceptors (Lipinski definition) is 10. The number of ether oxygens (including phenoxy) is 6. The number of esters is 1. The summed E-state index contributed by atoms with van der Waals surface area (Å²) in [5.41, 5.74) is 0.929. The third kappa shape index (κ3) is 10.9. The van der Waals surface area contributed by atoms with Crippen LogP contribution in [0.5, 0.6) is 11.5 Å². The molecule has 5 atom stereocenters. The van der Waals surface area contributed by atoms with Crippen molar-refractivity contribution >= 4 is 16.0 Å². The molecule has 3 aliphatic heterocycles. The molecule has 3 heterocycles. The lowest BCUT2D eigenvalue weighted by molar-refractivity contribution is -0.151. The summed E-state index contributed by atoms with van der Waals surface area (Å²) >= 11 is 0. The number of carbonyl (C=O) groups is 1. The normalized spacial score (nSPS) is 23.1. The van der Waals surface area contributed by atoms with Crippen LogP contribution in [0.2, 0.25) is 0 Å². The highest BCUT2D eigenvalue weighted by Crippen LogP contribution is 2.32. The van der Waals surface area contributed by atoms with E-state index >= 15 is 0 Å². The Balaban J connectivity index is 1.39. The van der Waals surface area contributed by atoms with Crippen molar-refractivity contribution in [3.8, 4) is 11.5 Å². The molecule has 2 aromatic carbocycles. The van der Waals surface area contributed by atoms with Crippen LogP contribution in [0.15, 0.2) is 53.4 Å². The van der Waals surface area contributed by atoms with Crippen LogP contribution in [-0.2, 0) is 40.2 Å². The molecule has 0 aliphatic carbocycles. The molecule has 0 amide bonds. The minimum absolute atomic E-state index is 0.0188. The summed E-state index contributed by atoms with van der Waals surface area (Å²) in [6, 6.07) is 14.2. The Morgan fingerprint density at radius 3 is 2.08 bits per heavy atom. The molecular weight excluding hydrogens is 638 g/mol. The van der Waals surface area contributed by atoms with Gasteiger partial charge < -0.3 is 33.5 Å². The minimum atomic E-state index is -4.17. The van der Waals surface area contributed by atoms with E-state index in [0.29, 0.717) is 63.6 Å². The fourth-order valence-electron chi connectivity index (χ4n) is 6.24. The highest BCUT2D eigenvalue weighted by Gasteiger charge is 2.34. The van der Waals surface area contributed by atoms with E-state index in [1.165, 1.54) is 16.4 Å². The molecule has 0 spiro atoms. The summed E-state index contributed by atoms with van der Waals surface area (Å²) in [5.74, 6) is -0.440. The molecule has 0 saturated carbocycles. The van der Waals surface area contributed by atoms with Crippen LogP contribution in [0, 0.1) is 11.8 Å². The van der Waals surface area contributed by atoms with Crippen LogP contribution in [0.1, 0.15) is 70.8 Å². The maximum Gasteiger partial charge on any atom is 0.306 e. The van der Waals surface area contributed by atoms with Gasteiger partial charge in [-0.05, 0) is 43.6 Å². The zero-order chi connectivity index (χ0) is 33.9. The topological polar surface area (TPSA) is 130 Å². The first-order valence-corrected chi connectivity index (χ1v) is 18.8. The van der Waals surface area contributed by atoms with Gasteiger partial charge in [0.15, 0.2) is 12.6 Å². The molecule has 3 unspecified atom stereocenters. The Labute approximate surface area is 284 Å². The van der Waals surface area contributed by atoms with E-state index in [9.17, 15) is 18.3 Å². The van der Waals surface area contributed by atoms with Gasteiger partial charge >= 0.3 is 5.97 Å². The Morgan fingerprint density at radius 1 is 0.896 bits per heavy atom. The summed E-state index contributed by atoms with van der Waals surface area (Å²) in [5, 5.41) is 11.7. The summed E-state index contributed by atoms with van der Waals surface area (Å²) in [6.45, 7) is 5.83. The number of sulfonamides is 1. The fraction of sp³-hybridized carbons (Fsp3) is 0.639. The summed E-state index contributed by atoms with van der Waals surface area (Å²) in [4.78, 5) is 13.0. The Morgan fingerprint density at radius 2 is 1.54 bits per heavy atom. The van der Waals surface area contributed by atoms with E-state index in [1.807, 2.05) is 44.2 Å². The van der Waals surface area contributed by atoms with E-state index in [2.05, 4.69) is 0 Å². The van der Waals surface area contributed by atoms with Crippen molar-refractivity contribution in [2.75, 3.05) is 39.5 Å². The standard InChI is InChI=1S/C36H51NO10S/c1-26(2)23-37(24-33(38)28(18-27-10-4-3-5-11-27)19-34(39)45-29-14-17-42-25-29)48(40,41)32-21-30(46-35-12-6-8-15-43-35)20-31(22-32)47-36-13-7-9-16-44-36/h3-5,10-11,20-22,26,28-29,33,35-36,38H,6-9,12-19,23-25H2,1-2H3/t28-,29?,33-,35?,36?/m1/s1. The Hall–Kier alpha value is -2.74. The smallest absolute Gasteiger partial charge is 0.306 e. The number of rotatable bonds is 16. The lowest BCUT2D eigenvalue weighted by Gasteiger charge is -2.31. The van der Waals surface area contributed by atoms with Crippen LogP contribution in [0.25, 0.3) is 0 Å². The van der Waals surface area contributed by atoms with Crippen molar-refractivity contribution in [1.29, 1.82) is 0 Å². The second kappa shape index (κ2) is 17.8. The average molecular weight is 690 g/mol. The number of aliphatic hydroxyl groups excluding tert-OH is 1. The molecule has 3 saturated heterocycles. The van der Waals surface area contributed by atoms with Crippen molar-refractivity contribution in [2.24, 2.45) is 11.8 Å². The van der Waals surface area contributed by atoms with Crippen molar-refractivity contribution in [2.45, 2.75) is 101 Å². The van der Waals surface area contributed by atoms with Crippen molar-refractivity contribution in [3.63, 3.8) is 0 Å². The Kier molecular flexibility index (Phi) is 13.5. The van der Waals surface area contributed by atoms with Gasteiger partial charge in [-0.2, -0.15) is 4.31 Å². The molecule has 2 aromatic rings. The molecule has 5 rings (SSSR count). The van der Waals surface area contributed by atoms with Gasteiger partial charge in [0.2, 0.25) is 10.0 Å². The molecule has 266 valence electrons. The highest BCUT2D eigenvalue weighted by atomic mass is 32.2. The maximum absolute atomic E-state index is 14.5. The predicted octanol–water partition coefficient (Wildman–Crippen LogP) is 5.09. The SMILES string of the molecule is CC(C)CN(C[C@@H](O)[C@@H](CC(=O)OC1CCOC1)Cc1ccccc1)S(=O)(=O)c1cc(OC2CCCCO2)cc(OC2CCCCO2)c1. The molecule has 0 bridgehead atoms. The van der Waals surface area contributed by atoms with E-state index in [-0.39, 0.29) is 36.4 Å². The monoisotopic (exact) mass is 689 g/mol. The van der Waals surface area contributed by atoms with Crippen LogP contribution in [0.3, 0.4) is 0 Å². The van der Waals surface area contributed by atoms with Crippen molar-refractivity contribution in [3.05, 3.63) is 54.1 Å². The van der Waals surface area contributed by atoms with Crippen LogP contribution >= 0.6 is 0 Å². The molecule has 48 heavy (non-hydrogen) atoms. The average Bonchev–Trinajstić information content (AvgIpc) is 3.58.